The lowest BCUT2D eigenvalue weighted by atomic mass is 10.1. The van der Waals surface area contributed by atoms with Crippen LogP contribution in [0.15, 0.2) is 29.1 Å². The van der Waals surface area contributed by atoms with Crippen LogP contribution in [0.4, 0.5) is 0 Å². The van der Waals surface area contributed by atoms with E-state index in [-0.39, 0.29) is 18.7 Å². The molecule has 27 heavy (non-hydrogen) atoms. The SMILES string of the molecule is C/C=C/c1ccc(OCC(O)Cn2nc(C)c(C)c(C#N)c2=O)c(OC)c1. The molecule has 0 fully saturated rings. The molecule has 0 amide bonds. The predicted molar refractivity (Wildman–Crippen MR) is 102 cm³/mol. The van der Waals surface area contributed by atoms with Gasteiger partial charge in [0.05, 0.1) is 19.3 Å². The highest BCUT2D eigenvalue weighted by Gasteiger charge is 2.15. The van der Waals surface area contributed by atoms with Gasteiger partial charge in [0.1, 0.15) is 24.3 Å². The average molecular weight is 369 g/mol. The molecule has 0 aliphatic heterocycles. The molecule has 0 bridgehead atoms. The summed E-state index contributed by atoms with van der Waals surface area (Å²) in [5.74, 6) is 1.04. The van der Waals surface area contributed by atoms with Crippen molar-refractivity contribution in [1.82, 2.24) is 9.78 Å². The lowest BCUT2D eigenvalue weighted by Crippen LogP contribution is -2.34. The molecule has 1 unspecified atom stereocenters. The van der Waals surface area contributed by atoms with Gasteiger partial charge in [0.15, 0.2) is 11.5 Å². The molecule has 2 rings (SSSR count). The minimum absolute atomic E-state index is 0.0388. The molecule has 1 atom stereocenters. The van der Waals surface area contributed by atoms with Gasteiger partial charge in [0, 0.05) is 0 Å². The second kappa shape index (κ2) is 9.01. The van der Waals surface area contributed by atoms with Crippen molar-refractivity contribution >= 4 is 6.08 Å². The molecule has 1 heterocycles. The lowest BCUT2D eigenvalue weighted by Gasteiger charge is -2.16. The van der Waals surface area contributed by atoms with E-state index in [1.807, 2.05) is 37.3 Å². The summed E-state index contributed by atoms with van der Waals surface area (Å²) in [7, 11) is 1.54. The number of hydrogen-bond donors (Lipinski definition) is 1. The van der Waals surface area contributed by atoms with Crippen LogP contribution in [-0.4, -0.2) is 34.7 Å². The van der Waals surface area contributed by atoms with E-state index in [2.05, 4.69) is 5.10 Å². The van der Waals surface area contributed by atoms with Crippen molar-refractivity contribution in [2.24, 2.45) is 0 Å². The van der Waals surface area contributed by atoms with Crippen LogP contribution in [0.25, 0.3) is 6.08 Å². The summed E-state index contributed by atoms with van der Waals surface area (Å²) in [6, 6.07) is 7.36. The van der Waals surface area contributed by atoms with Crippen LogP contribution < -0.4 is 15.0 Å². The Morgan fingerprint density at radius 1 is 1.37 bits per heavy atom. The molecule has 0 aliphatic rings. The third kappa shape index (κ3) is 4.74. The Kier molecular flexibility index (Phi) is 6.74. The first-order chi connectivity index (χ1) is 12.9. The van der Waals surface area contributed by atoms with Gasteiger partial charge in [-0.15, -0.1) is 0 Å². The zero-order valence-electron chi connectivity index (χ0n) is 15.9. The number of nitriles is 1. The van der Waals surface area contributed by atoms with Gasteiger partial charge in [-0.1, -0.05) is 18.2 Å². The summed E-state index contributed by atoms with van der Waals surface area (Å²) < 4.78 is 12.1. The highest BCUT2D eigenvalue weighted by Crippen LogP contribution is 2.28. The molecule has 0 saturated carbocycles. The molecule has 142 valence electrons. The first-order valence-corrected chi connectivity index (χ1v) is 8.51. The van der Waals surface area contributed by atoms with Gasteiger partial charge in [0.25, 0.3) is 5.56 Å². The Balaban J connectivity index is 2.12. The zero-order chi connectivity index (χ0) is 20.0. The fourth-order valence-electron chi connectivity index (χ4n) is 2.57. The number of aromatic nitrogens is 2. The summed E-state index contributed by atoms with van der Waals surface area (Å²) in [4.78, 5) is 12.3. The van der Waals surface area contributed by atoms with E-state index in [1.54, 1.807) is 27.0 Å². The highest BCUT2D eigenvalue weighted by molar-refractivity contribution is 5.55. The van der Waals surface area contributed by atoms with Crippen molar-refractivity contribution in [3.63, 3.8) is 0 Å². The number of aryl methyl sites for hydroxylation is 1. The molecule has 1 N–H and O–H groups in total. The quantitative estimate of drug-likeness (QED) is 0.804. The Bertz CT molecular complexity index is 941. The molecule has 1 aromatic heterocycles. The van der Waals surface area contributed by atoms with Gasteiger partial charge in [-0.05, 0) is 44.0 Å². The van der Waals surface area contributed by atoms with Crippen molar-refractivity contribution in [1.29, 1.82) is 5.26 Å². The predicted octanol–water partition coefficient (Wildman–Crippen LogP) is 2.21. The van der Waals surface area contributed by atoms with Crippen LogP contribution in [0.3, 0.4) is 0 Å². The Labute approximate surface area is 158 Å². The molecule has 7 heteroatoms. The third-order valence-corrected chi connectivity index (χ3v) is 4.11. The van der Waals surface area contributed by atoms with Gasteiger partial charge in [0.2, 0.25) is 0 Å². The van der Waals surface area contributed by atoms with Gasteiger partial charge in [-0.25, -0.2) is 4.68 Å². The van der Waals surface area contributed by atoms with Crippen LogP contribution >= 0.6 is 0 Å². The number of aliphatic hydroxyl groups excluding tert-OH is 1. The molecular weight excluding hydrogens is 346 g/mol. The fourth-order valence-corrected chi connectivity index (χ4v) is 2.57. The van der Waals surface area contributed by atoms with E-state index < -0.39 is 11.7 Å². The number of allylic oxidation sites excluding steroid dienone is 1. The summed E-state index contributed by atoms with van der Waals surface area (Å²) >= 11 is 0. The van der Waals surface area contributed by atoms with Gasteiger partial charge >= 0.3 is 0 Å². The van der Waals surface area contributed by atoms with E-state index >= 15 is 0 Å². The summed E-state index contributed by atoms with van der Waals surface area (Å²) in [6.45, 7) is 5.19. The van der Waals surface area contributed by atoms with Crippen LogP contribution in [0.2, 0.25) is 0 Å². The summed E-state index contributed by atoms with van der Waals surface area (Å²) in [6.07, 6.45) is 2.87. The molecular formula is C20H23N3O4. The molecule has 0 radical (unpaired) electrons. The first-order valence-electron chi connectivity index (χ1n) is 8.51. The monoisotopic (exact) mass is 369 g/mol. The molecule has 0 aliphatic carbocycles. The van der Waals surface area contributed by atoms with Crippen molar-refractivity contribution in [2.75, 3.05) is 13.7 Å². The average Bonchev–Trinajstić information content (AvgIpc) is 2.65. The topological polar surface area (TPSA) is 97.4 Å². The highest BCUT2D eigenvalue weighted by atomic mass is 16.5. The standard InChI is InChI=1S/C20H23N3O4/c1-5-6-15-7-8-18(19(9-15)26-4)27-12-16(24)11-23-20(25)17(10-21)13(2)14(3)22-23/h5-9,16,24H,11-12H2,1-4H3/b6-5+. The molecule has 1 aromatic carbocycles. The van der Waals surface area contributed by atoms with Crippen molar-refractivity contribution in [3.05, 3.63) is 57.0 Å². The van der Waals surface area contributed by atoms with Crippen LogP contribution in [-0.2, 0) is 6.54 Å². The van der Waals surface area contributed by atoms with Crippen LogP contribution in [0.1, 0.15) is 29.3 Å². The number of benzene rings is 1. The lowest BCUT2D eigenvalue weighted by molar-refractivity contribution is 0.0863. The number of aliphatic hydroxyl groups is 1. The second-order valence-corrected chi connectivity index (χ2v) is 6.06. The van der Waals surface area contributed by atoms with E-state index in [0.29, 0.717) is 22.8 Å². The van der Waals surface area contributed by atoms with Crippen LogP contribution in [0.5, 0.6) is 11.5 Å². The van der Waals surface area contributed by atoms with Crippen molar-refractivity contribution in [2.45, 2.75) is 33.4 Å². The number of hydrogen-bond acceptors (Lipinski definition) is 6. The summed E-state index contributed by atoms with van der Waals surface area (Å²) in [5.41, 5.74) is 1.61. The van der Waals surface area contributed by atoms with E-state index in [0.717, 1.165) is 10.2 Å². The number of rotatable bonds is 7. The first kappa shape index (κ1) is 20.2. The Morgan fingerprint density at radius 3 is 2.74 bits per heavy atom. The summed E-state index contributed by atoms with van der Waals surface area (Å²) in [5, 5.41) is 23.6. The fraction of sp³-hybridized carbons (Fsp3) is 0.350. The number of nitrogens with zero attached hydrogens (tertiary/aromatic N) is 3. The third-order valence-electron chi connectivity index (χ3n) is 4.11. The maximum Gasteiger partial charge on any atom is 0.285 e. The second-order valence-electron chi connectivity index (χ2n) is 6.06. The molecule has 7 nitrogen and oxygen atoms in total. The zero-order valence-corrected chi connectivity index (χ0v) is 15.9. The van der Waals surface area contributed by atoms with E-state index in [1.165, 1.54) is 0 Å². The van der Waals surface area contributed by atoms with Gasteiger partial charge in [-0.2, -0.15) is 10.4 Å². The normalized spacial score (nSPS) is 12.0. The minimum Gasteiger partial charge on any atom is -0.493 e. The minimum atomic E-state index is -0.983. The molecule has 0 spiro atoms. The Morgan fingerprint density at radius 2 is 2.11 bits per heavy atom. The maximum atomic E-state index is 12.3. The smallest absolute Gasteiger partial charge is 0.285 e. The van der Waals surface area contributed by atoms with Gasteiger partial charge < -0.3 is 14.6 Å². The largest absolute Gasteiger partial charge is 0.493 e. The maximum absolute atomic E-state index is 12.3. The van der Waals surface area contributed by atoms with Crippen molar-refractivity contribution < 1.29 is 14.6 Å². The Hall–Kier alpha value is -3.11. The number of ether oxygens (including phenoxy) is 2. The van der Waals surface area contributed by atoms with E-state index in [9.17, 15) is 9.90 Å². The van der Waals surface area contributed by atoms with E-state index in [4.69, 9.17) is 14.7 Å². The van der Waals surface area contributed by atoms with Crippen LogP contribution in [0, 0.1) is 25.2 Å². The number of methoxy groups -OCH3 is 1. The molecule has 0 saturated heterocycles. The van der Waals surface area contributed by atoms with Crippen molar-refractivity contribution in [3.8, 4) is 17.6 Å². The van der Waals surface area contributed by atoms with Gasteiger partial charge in [-0.3, -0.25) is 4.79 Å². The molecule has 2 aromatic rings.